The molecule has 0 spiro atoms. The van der Waals surface area contributed by atoms with Gasteiger partial charge in [0.15, 0.2) is 0 Å². The monoisotopic (exact) mass is 513 g/mol. The minimum Gasteiger partial charge on any atom is -0.491 e. The lowest BCUT2D eigenvalue weighted by Gasteiger charge is -2.34. The van der Waals surface area contributed by atoms with Crippen molar-refractivity contribution < 1.29 is 14.6 Å². The van der Waals surface area contributed by atoms with Crippen molar-refractivity contribution in [1.82, 2.24) is 14.5 Å². The van der Waals surface area contributed by atoms with Crippen molar-refractivity contribution in [2.45, 2.75) is 85.9 Å². The molecular weight excluding hydrogens is 474 g/mol. The Morgan fingerprint density at radius 3 is 2.56 bits per heavy atom. The molecule has 3 aromatic rings. The van der Waals surface area contributed by atoms with Crippen molar-refractivity contribution in [3.63, 3.8) is 0 Å². The Morgan fingerprint density at radius 2 is 1.97 bits per heavy atom. The van der Waals surface area contributed by atoms with Gasteiger partial charge in [0.2, 0.25) is 0 Å². The number of amides is 1. The average molecular weight is 514 g/mol. The van der Waals surface area contributed by atoms with Gasteiger partial charge in [0.25, 0.3) is 5.56 Å². The highest BCUT2D eigenvalue weighted by Gasteiger charge is 2.30. The summed E-state index contributed by atoms with van der Waals surface area (Å²) in [5.41, 5.74) is 3.84. The fraction of sp³-hybridized carbons (Fsp3) is 0.536. The van der Waals surface area contributed by atoms with Gasteiger partial charge in [-0.2, -0.15) is 0 Å². The molecule has 0 saturated carbocycles. The lowest BCUT2D eigenvalue weighted by atomic mass is 10.0. The van der Waals surface area contributed by atoms with Crippen LogP contribution in [0.3, 0.4) is 0 Å². The zero-order valence-electron chi connectivity index (χ0n) is 22.3. The number of carboxylic acid groups (broad SMARTS) is 1. The quantitative estimate of drug-likeness (QED) is 0.302. The van der Waals surface area contributed by atoms with Crippen molar-refractivity contribution in [2.75, 3.05) is 6.61 Å². The minimum atomic E-state index is -1.03. The van der Waals surface area contributed by atoms with Crippen LogP contribution in [0.2, 0.25) is 0 Å². The molecule has 1 amide bonds. The van der Waals surface area contributed by atoms with Crippen LogP contribution < -0.4 is 10.3 Å². The molecule has 0 unspecified atom stereocenters. The molecule has 7 nitrogen and oxygen atoms in total. The fourth-order valence-electron chi connectivity index (χ4n) is 4.24. The number of aryl methyl sites for hydroxylation is 2. The molecule has 3 rings (SSSR count). The summed E-state index contributed by atoms with van der Waals surface area (Å²) in [4.78, 5) is 31.8. The number of fused-ring (bicyclic) bond motifs is 1. The first-order valence-electron chi connectivity index (χ1n) is 12.7. The highest BCUT2D eigenvalue weighted by atomic mass is 32.1. The second-order valence-electron chi connectivity index (χ2n) is 10.7. The number of pyridine rings is 1. The van der Waals surface area contributed by atoms with Gasteiger partial charge in [-0.1, -0.05) is 33.3 Å². The first-order chi connectivity index (χ1) is 17.0. The van der Waals surface area contributed by atoms with Gasteiger partial charge in [0.05, 0.1) is 35.4 Å². The molecule has 8 heteroatoms. The van der Waals surface area contributed by atoms with E-state index in [4.69, 9.17) is 4.74 Å². The molecule has 0 radical (unpaired) electrons. The van der Waals surface area contributed by atoms with E-state index < -0.39 is 11.6 Å². The third kappa shape index (κ3) is 6.66. The summed E-state index contributed by atoms with van der Waals surface area (Å²) in [6.07, 6.45) is 2.43. The number of nitrogens with zero attached hydrogens (tertiary/aromatic N) is 3. The Hall–Kier alpha value is -2.87. The van der Waals surface area contributed by atoms with Gasteiger partial charge in [-0.25, -0.2) is 9.78 Å². The molecular formula is C28H39N3O4S. The average Bonchev–Trinajstić information content (AvgIpc) is 3.32. The molecule has 0 aliphatic carbocycles. The topological polar surface area (TPSA) is 84.7 Å². The van der Waals surface area contributed by atoms with E-state index in [-0.39, 0.29) is 18.0 Å². The van der Waals surface area contributed by atoms with Gasteiger partial charge in [-0.05, 0) is 63.6 Å². The highest BCUT2D eigenvalue weighted by Crippen LogP contribution is 2.32. The number of hydrogen-bond acceptors (Lipinski definition) is 5. The predicted octanol–water partition coefficient (Wildman–Crippen LogP) is 6.36. The normalized spacial score (nSPS) is 11.9. The van der Waals surface area contributed by atoms with Crippen molar-refractivity contribution in [2.24, 2.45) is 5.92 Å². The summed E-state index contributed by atoms with van der Waals surface area (Å²) in [5.74, 6) is 0.817. The number of unbranched alkanes of at least 4 members (excludes halogenated alkanes) is 1. The maximum absolute atomic E-state index is 13.8. The third-order valence-corrected chi connectivity index (χ3v) is 6.82. The molecule has 2 heterocycles. The summed E-state index contributed by atoms with van der Waals surface area (Å²) < 4.78 is 8.10. The molecule has 0 aliphatic rings. The number of hydrogen-bond donors (Lipinski definition) is 1. The number of aromatic nitrogens is 2. The number of rotatable bonds is 11. The summed E-state index contributed by atoms with van der Waals surface area (Å²) in [7, 11) is 0. The van der Waals surface area contributed by atoms with E-state index >= 15 is 0 Å². The summed E-state index contributed by atoms with van der Waals surface area (Å²) in [5, 5.41) is 13.4. The highest BCUT2D eigenvalue weighted by molar-refractivity contribution is 7.07. The SMILES string of the molecule is CCCCOc1c(CN(C(=O)O)C(C)(C)C)n(CC(C)C)c(=O)c2ccc(CCc3cscn3)cc12. The van der Waals surface area contributed by atoms with Gasteiger partial charge in [-0.3, -0.25) is 9.69 Å². The van der Waals surface area contributed by atoms with Gasteiger partial charge in [0, 0.05) is 22.8 Å². The van der Waals surface area contributed by atoms with Crippen LogP contribution >= 0.6 is 11.3 Å². The molecule has 0 fully saturated rings. The standard InChI is InChI=1S/C28H39N3O4S/c1-7-8-13-35-25-23-14-20(9-11-21-17-36-18-29-21)10-12-22(23)26(32)30(15-19(2)3)24(25)16-31(27(33)34)28(4,5)6/h10,12,14,17-19H,7-9,11,13,15-16H2,1-6H3,(H,33,34). The van der Waals surface area contributed by atoms with Crippen molar-refractivity contribution in [3.8, 4) is 5.75 Å². The maximum atomic E-state index is 13.8. The molecule has 1 aromatic carbocycles. The Kier molecular flexibility index (Phi) is 9.17. The van der Waals surface area contributed by atoms with E-state index in [2.05, 4.69) is 31.1 Å². The van der Waals surface area contributed by atoms with E-state index in [1.54, 1.807) is 15.9 Å². The Bertz CT molecular complexity index is 1230. The summed E-state index contributed by atoms with van der Waals surface area (Å²) >= 11 is 1.58. The van der Waals surface area contributed by atoms with E-state index in [0.29, 0.717) is 30.0 Å². The van der Waals surface area contributed by atoms with Gasteiger partial charge in [0.1, 0.15) is 5.75 Å². The zero-order chi connectivity index (χ0) is 26.5. The Balaban J connectivity index is 2.21. The van der Waals surface area contributed by atoms with Crippen LogP contribution in [0.1, 0.15) is 71.3 Å². The molecule has 196 valence electrons. The van der Waals surface area contributed by atoms with Crippen LogP contribution in [0.5, 0.6) is 5.75 Å². The molecule has 0 saturated heterocycles. The minimum absolute atomic E-state index is 0.0707. The van der Waals surface area contributed by atoms with Crippen molar-refractivity contribution in [1.29, 1.82) is 0 Å². The van der Waals surface area contributed by atoms with Gasteiger partial charge < -0.3 is 14.4 Å². The van der Waals surface area contributed by atoms with Crippen molar-refractivity contribution in [3.05, 3.63) is 56.4 Å². The van der Waals surface area contributed by atoms with E-state index in [1.165, 1.54) is 4.90 Å². The Morgan fingerprint density at radius 1 is 1.22 bits per heavy atom. The number of thiazole rings is 1. The van der Waals surface area contributed by atoms with Crippen molar-refractivity contribution >= 4 is 28.2 Å². The molecule has 36 heavy (non-hydrogen) atoms. The molecule has 0 aliphatic heterocycles. The third-order valence-electron chi connectivity index (χ3n) is 6.19. The number of ether oxygens (including phenoxy) is 1. The van der Waals surface area contributed by atoms with Crippen LogP contribution in [0.15, 0.2) is 33.9 Å². The number of benzene rings is 1. The lowest BCUT2D eigenvalue weighted by Crippen LogP contribution is -2.45. The molecule has 0 atom stereocenters. The van der Waals surface area contributed by atoms with E-state index in [1.807, 2.05) is 44.5 Å². The first-order valence-corrected chi connectivity index (χ1v) is 13.7. The smallest absolute Gasteiger partial charge is 0.408 e. The second kappa shape index (κ2) is 11.9. The van der Waals surface area contributed by atoms with E-state index in [9.17, 15) is 14.7 Å². The summed E-state index contributed by atoms with van der Waals surface area (Å²) in [6, 6.07) is 5.93. The summed E-state index contributed by atoms with van der Waals surface area (Å²) in [6.45, 7) is 12.9. The van der Waals surface area contributed by atoms with Crippen LogP contribution in [0.25, 0.3) is 10.8 Å². The largest absolute Gasteiger partial charge is 0.491 e. The predicted molar refractivity (Wildman–Crippen MR) is 146 cm³/mol. The van der Waals surface area contributed by atoms with Gasteiger partial charge >= 0.3 is 6.09 Å². The number of carbonyl (C=O) groups is 1. The van der Waals surface area contributed by atoms with Crippen LogP contribution in [0.4, 0.5) is 4.79 Å². The maximum Gasteiger partial charge on any atom is 0.408 e. The van der Waals surface area contributed by atoms with Crippen LogP contribution in [-0.4, -0.2) is 37.8 Å². The zero-order valence-corrected chi connectivity index (χ0v) is 23.2. The van der Waals surface area contributed by atoms with Gasteiger partial charge in [-0.15, -0.1) is 11.3 Å². The van der Waals surface area contributed by atoms with Crippen LogP contribution in [0, 0.1) is 5.92 Å². The second-order valence-corrected chi connectivity index (χ2v) is 11.4. The van der Waals surface area contributed by atoms with Crippen LogP contribution in [-0.2, 0) is 25.9 Å². The molecule has 1 N–H and O–H groups in total. The lowest BCUT2D eigenvalue weighted by molar-refractivity contribution is 0.0927. The first kappa shape index (κ1) is 27.7. The Labute approximate surface area is 217 Å². The molecule has 0 bridgehead atoms. The molecule has 2 aromatic heterocycles. The van der Waals surface area contributed by atoms with E-state index in [0.717, 1.165) is 42.3 Å². The fourth-order valence-corrected chi connectivity index (χ4v) is 4.83.